The molecule has 3 heterocycles. The number of nitrogens with zero attached hydrogens (tertiary/aromatic N) is 4. The van der Waals surface area contributed by atoms with E-state index in [1.54, 1.807) is 43.2 Å². The molecular weight excluding hydrogens is 476 g/mol. The summed E-state index contributed by atoms with van der Waals surface area (Å²) in [5, 5.41) is 3.33. The minimum atomic E-state index is -1.80. The summed E-state index contributed by atoms with van der Waals surface area (Å²) in [6.45, 7) is 1.79. The van der Waals surface area contributed by atoms with Crippen molar-refractivity contribution in [2.75, 3.05) is 13.7 Å². The van der Waals surface area contributed by atoms with Crippen molar-refractivity contribution in [1.29, 1.82) is 0 Å². The topological polar surface area (TPSA) is 69.5 Å². The van der Waals surface area contributed by atoms with Crippen LogP contribution in [-0.2, 0) is 23.7 Å². The molecule has 0 saturated heterocycles. The molecule has 2 aromatic heterocycles. The smallest absolute Gasteiger partial charge is 0.255 e. The van der Waals surface area contributed by atoms with E-state index in [0.29, 0.717) is 34.4 Å². The minimum Gasteiger partial charge on any atom is -0.486 e. The third-order valence-corrected chi connectivity index (χ3v) is 6.36. The molecule has 2 aromatic carbocycles. The minimum absolute atomic E-state index is 0.151. The van der Waals surface area contributed by atoms with Gasteiger partial charge in [-0.3, -0.25) is 14.5 Å². The molecule has 184 valence electrons. The highest BCUT2D eigenvalue weighted by Gasteiger charge is 2.43. The zero-order chi connectivity index (χ0) is 26.5. The molecular formula is C26H22B2F2N4O3. The molecule has 7 nitrogen and oxygen atoms in total. The lowest BCUT2D eigenvalue weighted by Crippen LogP contribution is -2.45. The first-order chi connectivity index (χ1) is 17.6. The van der Waals surface area contributed by atoms with Gasteiger partial charge in [-0.2, -0.15) is 5.10 Å². The van der Waals surface area contributed by atoms with Gasteiger partial charge in [-0.1, -0.05) is 0 Å². The van der Waals surface area contributed by atoms with Crippen molar-refractivity contribution in [2.24, 2.45) is 7.05 Å². The Labute approximate surface area is 215 Å². The fourth-order valence-corrected chi connectivity index (χ4v) is 4.64. The number of rotatable bonds is 7. The van der Waals surface area contributed by atoms with Gasteiger partial charge in [0.1, 0.15) is 29.0 Å². The molecule has 5 rings (SSSR count). The van der Waals surface area contributed by atoms with Gasteiger partial charge in [0.25, 0.3) is 5.91 Å². The molecule has 0 fully saturated rings. The van der Waals surface area contributed by atoms with Gasteiger partial charge in [0.05, 0.1) is 40.1 Å². The molecule has 0 aliphatic carbocycles. The lowest BCUT2D eigenvalue weighted by molar-refractivity contribution is 0.0727. The molecule has 0 N–H and O–H groups in total. The number of carbonyl (C=O) groups is 1. The highest BCUT2D eigenvalue weighted by molar-refractivity contribution is 6.42. The maximum Gasteiger partial charge on any atom is 0.255 e. The SMILES string of the molecule is [B]C1([B])c2ncccc2C(=O)N1Cc1c(F)cc(-c2ccc(O[C@H](C)COC)c3nn(C)cc23)cc1F. The van der Waals surface area contributed by atoms with Crippen LogP contribution >= 0.6 is 0 Å². The molecule has 0 spiro atoms. The van der Waals surface area contributed by atoms with Gasteiger partial charge in [-0.25, -0.2) is 8.78 Å². The summed E-state index contributed by atoms with van der Waals surface area (Å²) in [7, 11) is 15.7. The second kappa shape index (κ2) is 9.30. The second-order valence-corrected chi connectivity index (χ2v) is 9.09. The third kappa shape index (κ3) is 4.27. The normalized spacial score (nSPS) is 15.3. The van der Waals surface area contributed by atoms with E-state index >= 15 is 8.78 Å². The first-order valence-corrected chi connectivity index (χ1v) is 11.6. The predicted molar refractivity (Wildman–Crippen MR) is 135 cm³/mol. The number of benzene rings is 2. The fourth-order valence-electron chi connectivity index (χ4n) is 4.64. The van der Waals surface area contributed by atoms with Crippen molar-refractivity contribution >= 4 is 32.5 Å². The maximum absolute atomic E-state index is 15.4. The van der Waals surface area contributed by atoms with Crippen molar-refractivity contribution in [3.63, 3.8) is 0 Å². The Morgan fingerprint density at radius 2 is 1.86 bits per heavy atom. The third-order valence-electron chi connectivity index (χ3n) is 6.36. The van der Waals surface area contributed by atoms with Crippen molar-refractivity contribution in [1.82, 2.24) is 19.7 Å². The van der Waals surface area contributed by atoms with Crippen LogP contribution < -0.4 is 4.74 Å². The zero-order valence-corrected chi connectivity index (χ0v) is 20.5. The van der Waals surface area contributed by atoms with Crippen LogP contribution in [-0.4, -0.2) is 61.1 Å². The average Bonchev–Trinajstić information content (AvgIpc) is 3.32. The van der Waals surface area contributed by atoms with Crippen LogP contribution in [0.1, 0.15) is 28.5 Å². The van der Waals surface area contributed by atoms with Crippen molar-refractivity contribution in [3.05, 3.63) is 77.2 Å². The zero-order valence-electron chi connectivity index (χ0n) is 20.5. The maximum atomic E-state index is 15.4. The summed E-state index contributed by atoms with van der Waals surface area (Å²) in [4.78, 5) is 18.0. The van der Waals surface area contributed by atoms with E-state index in [1.807, 2.05) is 6.92 Å². The van der Waals surface area contributed by atoms with Crippen LogP contribution in [0.3, 0.4) is 0 Å². The summed E-state index contributed by atoms with van der Waals surface area (Å²) in [5.74, 6) is -1.70. The Kier molecular flexibility index (Phi) is 6.27. The van der Waals surface area contributed by atoms with E-state index < -0.39 is 29.4 Å². The number of fused-ring (bicyclic) bond motifs is 2. The number of pyridine rings is 1. The van der Waals surface area contributed by atoms with E-state index in [-0.39, 0.29) is 22.9 Å². The van der Waals surface area contributed by atoms with Gasteiger partial charge < -0.3 is 14.4 Å². The van der Waals surface area contributed by atoms with Gasteiger partial charge >= 0.3 is 0 Å². The van der Waals surface area contributed by atoms with Crippen LogP contribution in [0.25, 0.3) is 22.0 Å². The van der Waals surface area contributed by atoms with Gasteiger partial charge in [-0.15, -0.1) is 0 Å². The Hall–Kier alpha value is -3.72. The molecule has 1 atom stereocenters. The molecule has 11 heteroatoms. The second-order valence-electron chi connectivity index (χ2n) is 9.09. The number of hydrogen-bond acceptors (Lipinski definition) is 5. The van der Waals surface area contributed by atoms with Gasteiger partial charge in [0, 0.05) is 42.8 Å². The quantitative estimate of drug-likeness (QED) is 0.366. The number of aryl methyl sites for hydroxylation is 1. The lowest BCUT2D eigenvalue weighted by Gasteiger charge is -2.33. The van der Waals surface area contributed by atoms with E-state index in [0.717, 1.165) is 4.90 Å². The number of amides is 1. The number of methoxy groups -OCH3 is 1. The standard InChI is InChI=1S/C26H22B2F2N4O3/c1-14(13-36-3)37-22-7-6-16(18-11-33(2)32-23(18)22)15-9-20(29)19(21(30)10-15)12-34-25(35)17-5-4-8-31-24(17)26(34,27)28/h4-11,14H,12-13H2,1-3H3/t14-/m1/s1. The van der Waals surface area contributed by atoms with E-state index in [2.05, 4.69) is 10.1 Å². The molecule has 4 radical (unpaired) electrons. The largest absolute Gasteiger partial charge is 0.486 e. The van der Waals surface area contributed by atoms with Crippen molar-refractivity contribution < 1.29 is 23.0 Å². The van der Waals surface area contributed by atoms with Crippen molar-refractivity contribution in [2.45, 2.75) is 24.9 Å². The first-order valence-electron chi connectivity index (χ1n) is 11.6. The Morgan fingerprint density at radius 1 is 1.14 bits per heavy atom. The van der Waals surface area contributed by atoms with Gasteiger partial charge in [0.2, 0.25) is 0 Å². The Morgan fingerprint density at radius 3 is 2.54 bits per heavy atom. The molecule has 37 heavy (non-hydrogen) atoms. The summed E-state index contributed by atoms with van der Waals surface area (Å²) in [6, 6.07) is 8.97. The van der Waals surface area contributed by atoms with Crippen LogP contribution in [0.4, 0.5) is 8.78 Å². The first kappa shape index (κ1) is 25.0. The molecule has 4 aromatic rings. The molecule has 1 amide bonds. The van der Waals surface area contributed by atoms with E-state index in [1.165, 1.54) is 24.4 Å². The molecule has 0 saturated carbocycles. The van der Waals surface area contributed by atoms with E-state index in [9.17, 15) is 4.79 Å². The number of halogens is 2. The number of aromatic nitrogens is 3. The molecule has 1 aliphatic heterocycles. The summed E-state index contributed by atoms with van der Waals surface area (Å²) in [6.07, 6.45) is 2.99. The predicted octanol–water partition coefficient (Wildman–Crippen LogP) is 3.43. The summed E-state index contributed by atoms with van der Waals surface area (Å²) < 4.78 is 43.4. The average molecular weight is 498 g/mol. The monoisotopic (exact) mass is 498 g/mol. The number of carbonyl (C=O) groups excluding carboxylic acids is 1. The Bertz CT molecular complexity index is 1500. The number of hydrogen-bond donors (Lipinski definition) is 0. The van der Waals surface area contributed by atoms with Crippen LogP contribution in [0.5, 0.6) is 5.75 Å². The van der Waals surface area contributed by atoms with Gasteiger partial charge in [-0.05, 0) is 54.4 Å². The van der Waals surface area contributed by atoms with Gasteiger partial charge in [0.15, 0.2) is 0 Å². The van der Waals surface area contributed by atoms with Crippen LogP contribution in [0, 0.1) is 11.6 Å². The van der Waals surface area contributed by atoms with E-state index in [4.69, 9.17) is 25.2 Å². The summed E-state index contributed by atoms with van der Waals surface area (Å²) >= 11 is 0. The van der Waals surface area contributed by atoms with Crippen molar-refractivity contribution in [3.8, 4) is 16.9 Å². The molecule has 0 bridgehead atoms. The molecule has 0 unspecified atom stereocenters. The fraction of sp³-hybridized carbons (Fsp3) is 0.269. The highest BCUT2D eigenvalue weighted by atomic mass is 19.1. The summed E-state index contributed by atoms with van der Waals surface area (Å²) in [5.41, 5.74) is 1.44. The molecule has 1 aliphatic rings. The highest BCUT2D eigenvalue weighted by Crippen LogP contribution is 2.38. The number of ether oxygens (including phenoxy) is 2. The van der Waals surface area contributed by atoms with Crippen LogP contribution in [0.15, 0.2) is 48.8 Å². The lowest BCUT2D eigenvalue weighted by atomic mass is 9.59. The van der Waals surface area contributed by atoms with Crippen LogP contribution in [0.2, 0.25) is 0 Å². The Balaban J connectivity index is 1.50.